The van der Waals surface area contributed by atoms with E-state index in [1.54, 1.807) is 13.0 Å². The molecule has 1 aromatic heterocycles. The summed E-state index contributed by atoms with van der Waals surface area (Å²) < 4.78 is 11.2. The van der Waals surface area contributed by atoms with Crippen LogP contribution >= 0.6 is 15.9 Å². The van der Waals surface area contributed by atoms with Crippen molar-refractivity contribution in [2.45, 2.75) is 13.0 Å². The maximum Gasteiger partial charge on any atom is 0.392 e. The number of carbonyl (C=O) groups is 1. The lowest BCUT2D eigenvalue weighted by atomic mass is 9.94. The maximum absolute atomic E-state index is 12.8. The largest absolute Gasteiger partial charge is 0.476 e. The molecule has 0 fully saturated rings. The van der Waals surface area contributed by atoms with E-state index in [2.05, 4.69) is 37.8 Å². The molecule has 1 aliphatic heterocycles. The molecule has 1 aromatic carbocycles. The zero-order valence-corrected chi connectivity index (χ0v) is 18.7. The number of rotatable bonds is 7. The van der Waals surface area contributed by atoms with Gasteiger partial charge in [0.2, 0.25) is 0 Å². The molecule has 0 aliphatic carbocycles. The normalized spacial score (nSPS) is 16.1. The lowest BCUT2D eigenvalue weighted by molar-refractivity contribution is -0.387. The Bertz CT molecular complexity index is 1050. The molecule has 0 saturated carbocycles. The van der Waals surface area contributed by atoms with Crippen molar-refractivity contribution in [3.05, 3.63) is 68.6 Å². The van der Waals surface area contributed by atoms with E-state index < -0.39 is 16.7 Å². The first-order valence-electron chi connectivity index (χ1n) is 9.12. The number of nitrogens with one attached hydrogen (secondary N) is 1. The van der Waals surface area contributed by atoms with Gasteiger partial charge in [0.1, 0.15) is 0 Å². The van der Waals surface area contributed by atoms with Crippen LogP contribution in [0.25, 0.3) is 5.57 Å². The fraction of sp³-hybridized carbons (Fsp3) is 0.250. The summed E-state index contributed by atoms with van der Waals surface area (Å²) in [7, 11) is 2.55. The minimum atomic E-state index is -0.665. The zero-order valence-electron chi connectivity index (χ0n) is 17.1. The SMILES string of the molecule is C=CCN1C(=O)NC(c2ccc(Br)cc2)C(c2nc(OC)c([N+](=O)[O-])c(OC)n2)=C1C. The molecule has 0 bridgehead atoms. The quantitative estimate of drug-likeness (QED) is 0.356. The zero-order chi connectivity index (χ0) is 22.7. The Hall–Kier alpha value is -3.47. The van der Waals surface area contributed by atoms with Gasteiger partial charge in [-0.3, -0.25) is 15.0 Å². The second-order valence-electron chi connectivity index (χ2n) is 6.50. The number of hydrogen-bond acceptors (Lipinski definition) is 7. The lowest BCUT2D eigenvalue weighted by Crippen LogP contribution is -2.46. The Morgan fingerprint density at radius 1 is 1.26 bits per heavy atom. The molecule has 31 heavy (non-hydrogen) atoms. The van der Waals surface area contributed by atoms with Gasteiger partial charge in [-0.05, 0) is 24.6 Å². The van der Waals surface area contributed by atoms with E-state index in [0.717, 1.165) is 10.0 Å². The third-order valence-electron chi connectivity index (χ3n) is 4.74. The molecule has 3 rings (SSSR count). The summed E-state index contributed by atoms with van der Waals surface area (Å²) in [6, 6.07) is 6.49. The van der Waals surface area contributed by atoms with Crippen molar-refractivity contribution in [1.82, 2.24) is 20.2 Å². The van der Waals surface area contributed by atoms with Crippen molar-refractivity contribution in [3.8, 4) is 11.8 Å². The van der Waals surface area contributed by atoms with E-state index >= 15 is 0 Å². The van der Waals surface area contributed by atoms with Gasteiger partial charge in [0.25, 0.3) is 0 Å². The molecule has 2 amide bonds. The van der Waals surface area contributed by atoms with E-state index in [1.807, 2.05) is 24.3 Å². The second-order valence-corrected chi connectivity index (χ2v) is 7.42. The first-order valence-corrected chi connectivity index (χ1v) is 9.91. The Balaban J connectivity index is 2.28. The highest BCUT2D eigenvalue weighted by atomic mass is 79.9. The van der Waals surface area contributed by atoms with Gasteiger partial charge in [-0.25, -0.2) is 4.79 Å². The molecule has 1 aliphatic rings. The third kappa shape index (κ3) is 4.22. The molecule has 162 valence electrons. The molecular weight excluding hydrogens is 470 g/mol. The number of benzene rings is 1. The molecule has 10 nitrogen and oxygen atoms in total. The number of amides is 2. The molecule has 1 unspecified atom stereocenters. The summed E-state index contributed by atoms with van der Waals surface area (Å²) in [5, 5.41) is 14.4. The first kappa shape index (κ1) is 22.2. The second kappa shape index (κ2) is 9.13. The van der Waals surface area contributed by atoms with Crippen LogP contribution in [0.1, 0.15) is 24.4 Å². The van der Waals surface area contributed by atoms with Crippen molar-refractivity contribution < 1.29 is 19.2 Å². The first-order chi connectivity index (χ1) is 14.8. The van der Waals surface area contributed by atoms with Crippen molar-refractivity contribution in [1.29, 1.82) is 0 Å². The number of nitro groups is 1. The smallest absolute Gasteiger partial charge is 0.392 e. The lowest BCUT2D eigenvalue weighted by Gasteiger charge is -2.35. The van der Waals surface area contributed by atoms with Gasteiger partial charge >= 0.3 is 23.5 Å². The predicted octanol–water partition coefficient (Wildman–Crippen LogP) is 3.85. The molecular formula is C20H20BrN5O5. The highest BCUT2D eigenvalue weighted by Gasteiger charge is 2.36. The third-order valence-corrected chi connectivity index (χ3v) is 5.27. The molecule has 0 radical (unpaired) electrons. The van der Waals surface area contributed by atoms with E-state index in [0.29, 0.717) is 11.3 Å². The van der Waals surface area contributed by atoms with E-state index in [9.17, 15) is 14.9 Å². The van der Waals surface area contributed by atoms with Crippen molar-refractivity contribution >= 4 is 33.2 Å². The van der Waals surface area contributed by atoms with Crippen LogP contribution in [-0.4, -0.2) is 46.6 Å². The summed E-state index contributed by atoms with van der Waals surface area (Å²) in [5.74, 6) is -0.346. The van der Waals surface area contributed by atoms with Crippen LogP contribution in [0.15, 0.2) is 47.1 Å². The van der Waals surface area contributed by atoms with Crippen LogP contribution < -0.4 is 14.8 Å². The molecule has 2 aromatic rings. The van der Waals surface area contributed by atoms with Crippen LogP contribution in [0, 0.1) is 10.1 Å². The van der Waals surface area contributed by atoms with Gasteiger partial charge < -0.3 is 14.8 Å². The minimum absolute atomic E-state index is 0.138. The Morgan fingerprint density at radius 3 is 2.32 bits per heavy atom. The highest BCUT2D eigenvalue weighted by molar-refractivity contribution is 9.10. The van der Waals surface area contributed by atoms with Crippen LogP contribution in [-0.2, 0) is 0 Å². The number of ether oxygens (including phenoxy) is 2. The van der Waals surface area contributed by atoms with E-state index in [1.165, 1.54) is 19.1 Å². The van der Waals surface area contributed by atoms with Gasteiger partial charge in [0.15, 0.2) is 5.82 Å². The molecule has 0 saturated heterocycles. The van der Waals surface area contributed by atoms with Gasteiger partial charge in [-0.1, -0.05) is 34.1 Å². The number of aromatic nitrogens is 2. The number of halogens is 1. The van der Waals surface area contributed by atoms with E-state index in [4.69, 9.17) is 9.47 Å². The topological polar surface area (TPSA) is 120 Å². The summed E-state index contributed by atoms with van der Waals surface area (Å²) in [6.07, 6.45) is 1.60. The molecule has 1 N–H and O–H groups in total. The minimum Gasteiger partial charge on any atom is -0.476 e. The van der Waals surface area contributed by atoms with Crippen molar-refractivity contribution in [2.75, 3.05) is 20.8 Å². The number of urea groups is 1. The fourth-order valence-corrected chi connectivity index (χ4v) is 3.57. The monoisotopic (exact) mass is 489 g/mol. The highest BCUT2D eigenvalue weighted by Crippen LogP contribution is 2.40. The van der Waals surface area contributed by atoms with Crippen LogP contribution in [0.3, 0.4) is 0 Å². The fourth-order valence-electron chi connectivity index (χ4n) is 3.30. The van der Waals surface area contributed by atoms with Crippen LogP contribution in [0.5, 0.6) is 11.8 Å². The van der Waals surface area contributed by atoms with Crippen molar-refractivity contribution in [2.24, 2.45) is 0 Å². The summed E-state index contributed by atoms with van der Waals surface area (Å²) >= 11 is 3.40. The molecule has 1 atom stereocenters. The summed E-state index contributed by atoms with van der Waals surface area (Å²) in [4.78, 5) is 33.6. The number of allylic oxidation sites excluding steroid dienone is 1. The average molecular weight is 490 g/mol. The summed E-state index contributed by atoms with van der Waals surface area (Å²) in [5.41, 5.74) is 1.43. The Labute approximate surface area is 186 Å². The molecule has 2 heterocycles. The van der Waals surface area contributed by atoms with Crippen LogP contribution in [0.4, 0.5) is 10.5 Å². The predicted molar refractivity (Wildman–Crippen MR) is 117 cm³/mol. The van der Waals surface area contributed by atoms with Gasteiger partial charge in [0, 0.05) is 22.3 Å². The number of nitrogens with zero attached hydrogens (tertiary/aromatic N) is 4. The Kier molecular flexibility index (Phi) is 6.54. The molecule has 0 spiro atoms. The van der Waals surface area contributed by atoms with Crippen LogP contribution in [0.2, 0.25) is 0 Å². The van der Waals surface area contributed by atoms with E-state index in [-0.39, 0.29) is 30.2 Å². The summed E-state index contributed by atoms with van der Waals surface area (Å²) in [6.45, 7) is 5.71. The van der Waals surface area contributed by atoms with Crippen molar-refractivity contribution in [3.63, 3.8) is 0 Å². The maximum atomic E-state index is 12.8. The number of methoxy groups -OCH3 is 2. The van der Waals surface area contributed by atoms with Gasteiger partial charge in [-0.15, -0.1) is 6.58 Å². The standard InChI is InChI=1S/C20H20BrN5O5/c1-5-10-25-11(2)14(15(22-20(25)27)12-6-8-13(21)9-7-12)17-23-18(30-3)16(26(28)29)19(24-17)31-4/h5-9,15H,1,10H2,2-4H3,(H,22,27). The average Bonchev–Trinajstić information content (AvgIpc) is 2.75. The van der Waals surface area contributed by atoms with Gasteiger partial charge in [0.05, 0.1) is 25.2 Å². The number of hydrogen-bond donors (Lipinski definition) is 1. The Morgan fingerprint density at radius 2 is 1.84 bits per heavy atom. The van der Waals surface area contributed by atoms with Gasteiger partial charge in [-0.2, -0.15) is 9.97 Å². The number of carbonyl (C=O) groups excluding carboxylic acids is 1. The molecule has 11 heteroatoms.